The molecule has 0 aliphatic heterocycles. The molecule has 0 saturated carbocycles. The van der Waals surface area contributed by atoms with Crippen LogP contribution in [0.15, 0.2) is 24.3 Å². The summed E-state index contributed by atoms with van der Waals surface area (Å²) in [5.74, 6) is -0.624. The van der Waals surface area contributed by atoms with Gasteiger partial charge in [0.1, 0.15) is 5.69 Å². The number of aromatic nitrogens is 1. The highest BCUT2D eigenvalue weighted by Gasteiger charge is 2.22. The number of rotatable bonds is 2. The molecule has 0 aliphatic carbocycles. The van der Waals surface area contributed by atoms with Gasteiger partial charge in [0.2, 0.25) is 0 Å². The molecule has 0 unspecified atom stereocenters. The predicted octanol–water partition coefficient (Wildman–Crippen LogP) is 3.68. The third-order valence-corrected chi connectivity index (χ3v) is 3.00. The summed E-state index contributed by atoms with van der Waals surface area (Å²) >= 11 is 0. The molecule has 2 rings (SSSR count). The van der Waals surface area contributed by atoms with E-state index in [0.29, 0.717) is 10.9 Å². The van der Waals surface area contributed by atoms with Gasteiger partial charge in [0, 0.05) is 5.39 Å². The normalized spacial score (nSPS) is 11.6. The van der Waals surface area contributed by atoms with Crippen molar-refractivity contribution >= 4 is 23.0 Å². The average molecular weight is 289 g/mol. The second-order valence-electron chi connectivity index (χ2n) is 6.35. The molecule has 1 aromatic heterocycles. The van der Waals surface area contributed by atoms with E-state index in [1.54, 1.807) is 18.2 Å². The second-order valence-corrected chi connectivity index (χ2v) is 6.35. The van der Waals surface area contributed by atoms with Crippen LogP contribution in [0.2, 0.25) is 0 Å². The van der Waals surface area contributed by atoms with E-state index >= 15 is 0 Å². The number of aryl methyl sites for hydroxylation is 1. The van der Waals surface area contributed by atoms with Gasteiger partial charge in [0.05, 0.1) is 12.1 Å². The Balaban J connectivity index is 2.46. The number of esters is 1. The zero-order valence-corrected chi connectivity index (χ0v) is 12.6. The molecule has 1 aromatic carbocycles. The summed E-state index contributed by atoms with van der Waals surface area (Å²) in [5.41, 5.74) is 1.28. The third kappa shape index (κ3) is 3.24. The van der Waals surface area contributed by atoms with Gasteiger partial charge in [-0.05, 0) is 30.0 Å². The lowest BCUT2D eigenvalue weighted by molar-refractivity contribution is 0.0355. The SMILES string of the molecule is Cc1ccc2cc(C(=O)OCC(C)(C)C)n(C(=O)O)c2c1. The van der Waals surface area contributed by atoms with Crippen LogP contribution in [-0.2, 0) is 4.74 Å². The predicted molar refractivity (Wildman–Crippen MR) is 79.8 cm³/mol. The van der Waals surface area contributed by atoms with E-state index in [9.17, 15) is 14.7 Å². The van der Waals surface area contributed by atoms with Crippen molar-refractivity contribution in [1.82, 2.24) is 4.57 Å². The molecule has 0 aliphatic rings. The van der Waals surface area contributed by atoms with Crippen molar-refractivity contribution in [2.45, 2.75) is 27.7 Å². The highest BCUT2D eigenvalue weighted by molar-refractivity contribution is 6.01. The number of nitrogens with zero attached hydrogens (tertiary/aromatic N) is 1. The van der Waals surface area contributed by atoms with Gasteiger partial charge in [-0.1, -0.05) is 32.9 Å². The summed E-state index contributed by atoms with van der Waals surface area (Å²) in [6.07, 6.45) is -1.20. The molecule has 21 heavy (non-hydrogen) atoms. The Bertz CT molecular complexity index is 707. The molecule has 1 N–H and O–H groups in total. The first-order valence-corrected chi connectivity index (χ1v) is 6.71. The van der Waals surface area contributed by atoms with E-state index in [0.717, 1.165) is 10.1 Å². The van der Waals surface area contributed by atoms with E-state index in [1.165, 1.54) is 0 Å². The van der Waals surface area contributed by atoms with Gasteiger partial charge in [0.15, 0.2) is 0 Å². The molecule has 5 heteroatoms. The quantitative estimate of drug-likeness (QED) is 0.856. The van der Waals surface area contributed by atoms with Crippen molar-refractivity contribution in [3.8, 4) is 0 Å². The standard InChI is InChI=1S/C16H19NO4/c1-10-5-6-11-8-13(14(18)21-9-16(2,3)4)17(15(19)20)12(11)7-10/h5-8H,9H2,1-4H3,(H,19,20). The zero-order chi connectivity index (χ0) is 15.8. The molecule has 0 radical (unpaired) electrons. The minimum absolute atomic E-state index is 0.0346. The molecule has 0 atom stereocenters. The smallest absolute Gasteiger partial charge is 0.416 e. The Morgan fingerprint density at radius 2 is 1.90 bits per heavy atom. The fraction of sp³-hybridized carbons (Fsp3) is 0.375. The van der Waals surface area contributed by atoms with Gasteiger partial charge < -0.3 is 9.84 Å². The van der Waals surface area contributed by atoms with Crippen LogP contribution < -0.4 is 0 Å². The van der Waals surface area contributed by atoms with Crippen molar-refractivity contribution < 1.29 is 19.4 Å². The molecule has 2 aromatic rings. The number of fused-ring (bicyclic) bond motifs is 1. The summed E-state index contributed by atoms with van der Waals surface area (Å²) in [6, 6.07) is 6.96. The number of carbonyl (C=O) groups is 2. The van der Waals surface area contributed by atoms with Gasteiger partial charge in [-0.2, -0.15) is 0 Å². The second kappa shape index (κ2) is 5.24. The fourth-order valence-electron chi connectivity index (χ4n) is 2.02. The maximum absolute atomic E-state index is 12.2. The Morgan fingerprint density at radius 1 is 1.24 bits per heavy atom. The van der Waals surface area contributed by atoms with E-state index in [-0.39, 0.29) is 17.7 Å². The van der Waals surface area contributed by atoms with Crippen molar-refractivity contribution in [2.24, 2.45) is 5.41 Å². The molecule has 5 nitrogen and oxygen atoms in total. The lowest BCUT2D eigenvalue weighted by Gasteiger charge is -2.17. The van der Waals surface area contributed by atoms with Crippen LogP contribution in [0.3, 0.4) is 0 Å². The Labute approximate surface area is 123 Å². The first-order chi connectivity index (χ1) is 9.69. The Kier molecular flexibility index (Phi) is 3.77. The number of hydrogen-bond acceptors (Lipinski definition) is 3. The molecule has 1 heterocycles. The van der Waals surface area contributed by atoms with Gasteiger partial charge in [-0.3, -0.25) is 0 Å². The molecular weight excluding hydrogens is 270 g/mol. The van der Waals surface area contributed by atoms with Gasteiger partial charge >= 0.3 is 12.1 Å². The first kappa shape index (κ1) is 15.1. The highest BCUT2D eigenvalue weighted by Crippen LogP contribution is 2.23. The highest BCUT2D eigenvalue weighted by atomic mass is 16.5. The van der Waals surface area contributed by atoms with Crippen LogP contribution in [0.1, 0.15) is 36.8 Å². The lowest BCUT2D eigenvalue weighted by atomic mass is 9.99. The van der Waals surface area contributed by atoms with Gasteiger partial charge in [-0.15, -0.1) is 0 Å². The fourth-order valence-corrected chi connectivity index (χ4v) is 2.02. The molecular formula is C16H19NO4. The largest absolute Gasteiger partial charge is 0.464 e. The summed E-state index contributed by atoms with van der Waals surface area (Å²) in [5, 5.41) is 10.1. The summed E-state index contributed by atoms with van der Waals surface area (Å²) in [6.45, 7) is 7.92. The molecule has 112 valence electrons. The van der Waals surface area contributed by atoms with E-state index < -0.39 is 12.1 Å². The Hall–Kier alpha value is -2.30. The van der Waals surface area contributed by atoms with Crippen molar-refractivity contribution in [1.29, 1.82) is 0 Å². The van der Waals surface area contributed by atoms with Crippen molar-refractivity contribution in [2.75, 3.05) is 6.61 Å². The number of hydrogen-bond donors (Lipinski definition) is 1. The van der Waals surface area contributed by atoms with Crippen molar-refractivity contribution in [3.05, 3.63) is 35.5 Å². The lowest BCUT2D eigenvalue weighted by Crippen LogP contribution is -2.22. The van der Waals surface area contributed by atoms with Crippen molar-refractivity contribution in [3.63, 3.8) is 0 Å². The summed E-state index contributed by atoms with van der Waals surface area (Å²) in [4.78, 5) is 23.6. The topological polar surface area (TPSA) is 68.5 Å². The summed E-state index contributed by atoms with van der Waals surface area (Å²) < 4.78 is 6.20. The Morgan fingerprint density at radius 3 is 2.48 bits per heavy atom. The maximum atomic E-state index is 12.2. The minimum Gasteiger partial charge on any atom is -0.464 e. The zero-order valence-electron chi connectivity index (χ0n) is 12.6. The van der Waals surface area contributed by atoms with Gasteiger partial charge in [-0.25, -0.2) is 14.2 Å². The van der Waals surface area contributed by atoms with E-state index in [4.69, 9.17) is 4.74 Å². The van der Waals surface area contributed by atoms with Crippen LogP contribution in [0.5, 0.6) is 0 Å². The molecule has 0 bridgehead atoms. The number of benzene rings is 1. The molecule has 0 saturated heterocycles. The average Bonchev–Trinajstić information content (AvgIpc) is 2.73. The van der Waals surface area contributed by atoms with Gasteiger partial charge in [0.25, 0.3) is 0 Å². The van der Waals surface area contributed by atoms with Crippen LogP contribution in [0.25, 0.3) is 10.9 Å². The molecule has 0 fully saturated rings. The van der Waals surface area contributed by atoms with Crippen LogP contribution in [0.4, 0.5) is 4.79 Å². The number of carbonyl (C=O) groups excluding carboxylic acids is 1. The molecule has 0 spiro atoms. The van der Waals surface area contributed by atoms with E-state index in [2.05, 4.69) is 0 Å². The number of carboxylic acid groups (broad SMARTS) is 1. The number of ether oxygens (including phenoxy) is 1. The third-order valence-electron chi connectivity index (χ3n) is 3.00. The monoisotopic (exact) mass is 289 g/mol. The van der Waals surface area contributed by atoms with Crippen LogP contribution in [0, 0.1) is 12.3 Å². The molecule has 0 amide bonds. The maximum Gasteiger partial charge on any atom is 0.416 e. The minimum atomic E-state index is -1.20. The van der Waals surface area contributed by atoms with Crippen LogP contribution >= 0.6 is 0 Å². The first-order valence-electron chi connectivity index (χ1n) is 6.71. The van der Waals surface area contributed by atoms with Crippen LogP contribution in [-0.4, -0.2) is 28.3 Å². The summed E-state index contributed by atoms with van der Waals surface area (Å²) in [7, 11) is 0. The van der Waals surface area contributed by atoms with E-state index in [1.807, 2.05) is 33.8 Å².